The number of ether oxygens (including phenoxy) is 3. The maximum Gasteiger partial charge on any atom is 0.327 e. The first-order chi connectivity index (χ1) is 35.3. The van der Waals surface area contributed by atoms with E-state index in [2.05, 4.69) is 19.9 Å². The topological polar surface area (TPSA) is 197 Å². The van der Waals surface area contributed by atoms with Crippen LogP contribution < -0.4 is 19.4 Å². The minimum absolute atomic E-state index is 0.0187. The lowest BCUT2D eigenvalue weighted by atomic mass is 9.81. The molecule has 1 aromatic heterocycles. The van der Waals surface area contributed by atoms with Crippen molar-refractivity contribution >= 4 is 43.3 Å². The van der Waals surface area contributed by atoms with Crippen molar-refractivity contribution < 1.29 is 53.7 Å². The second kappa shape index (κ2) is 20.7. The first kappa shape index (κ1) is 52.4. The third kappa shape index (κ3) is 9.72. The van der Waals surface area contributed by atoms with Gasteiger partial charge in [0.15, 0.2) is 6.29 Å². The molecule has 392 valence electrons. The highest BCUT2D eigenvalue weighted by Gasteiger charge is 2.81. The molecule has 2 N–H and O–H groups in total. The minimum Gasteiger partial charge on any atom is -0.488 e. The fourth-order valence-corrected chi connectivity index (χ4v) is 14.3. The van der Waals surface area contributed by atoms with E-state index in [4.69, 9.17) is 14.2 Å². The van der Waals surface area contributed by atoms with Crippen LogP contribution in [0.25, 0.3) is 0 Å². The van der Waals surface area contributed by atoms with Crippen molar-refractivity contribution in [2.75, 3.05) is 54.1 Å². The first-order valence-electron chi connectivity index (χ1n) is 24.4. The molecule has 3 saturated heterocycles. The predicted molar refractivity (Wildman–Crippen MR) is 274 cm³/mol. The molecule has 2 atom stereocenters. The Hall–Kier alpha value is -6.49. The third-order valence-electron chi connectivity index (χ3n) is 14.3. The number of piperazine rings is 1. The van der Waals surface area contributed by atoms with Crippen molar-refractivity contribution in [3.8, 4) is 5.75 Å². The standard InChI is InChI=1S/C53H59F2N7O10S2/c1-5-38-9-7-11-40(27-38)30-52(31-41-12-8-10-39(6-2)28-41)53(73(64,65)66,74(67,68)69)62(50(63)61(52)37(3)4)45-16-14-43(15-17-45)58-23-25-59(26-24-58)44-18-20-46(21-19-44)70-32-49-71-34-51(72-49,33-60-36-56-35-57-60)47-22-13-42(54)29-48(47)55/h7-22,27-29,35-37,49H,5-6,23-26,30-34H2,1-4H3,(H,64,65,66)(H,67,68,69)/t49-,51+/m0/s1. The molecule has 21 heteroatoms. The van der Waals surface area contributed by atoms with Crippen molar-refractivity contribution in [2.45, 2.75) is 87.6 Å². The molecule has 9 rings (SSSR count). The van der Waals surface area contributed by atoms with Gasteiger partial charge in [0.25, 0.3) is 0 Å². The van der Waals surface area contributed by atoms with Crippen LogP contribution in [-0.2, 0) is 67.5 Å². The van der Waals surface area contributed by atoms with E-state index in [9.17, 15) is 30.3 Å². The van der Waals surface area contributed by atoms with E-state index in [1.165, 1.54) is 40.4 Å². The smallest absolute Gasteiger partial charge is 0.327 e. The highest BCUT2D eigenvalue weighted by atomic mass is 32.3. The first-order valence-corrected chi connectivity index (χ1v) is 27.3. The highest BCUT2D eigenvalue weighted by Crippen LogP contribution is 2.54. The summed E-state index contributed by atoms with van der Waals surface area (Å²) >= 11 is 0. The quantitative estimate of drug-likeness (QED) is 0.0796. The van der Waals surface area contributed by atoms with E-state index in [0.717, 1.165) is 28.9 Å². The fraction of sp³-hybridized carbons (Fsp3) is 0.377. The zero-order valence-electron chi connectivity index (χ0n) is 41.4. The molecule has 0 bridgehead atoms. The molecule has 3 aliphatic rings. The maximum atomic E-state index is 15.2. The highest BCUT2D eigenvalue weighted by molar-refractivity contribution is 8.05. The van der Waals surface area contributed by atoms with E-state index in [0.29, 0.717) is 66.5 Å². The molecule has 3 aliphatic heterocycles. The Morgan fingerprint density at radius 1 is 0.743 bits per heavy atom. The molecular weight excluding hydrogens is 997 g/mol. The van der Waals surface area contributed by atoms with Crippen molar-refractivity contribution in [2.24, 2.45) is 0 Å². The second-order valence-electron chi connectivity index (χ2n) is 19.2. The molecule has 0 unspecified atom stereocenters. The lowest BCUT2D eigenvalue weighted by molar-refractivity contribution is -0.117. The van der Waals surface area contributed by atoms with Gasteiger partial charge >= 0.3 is 30.5 Å². The average molecular weight is 1060 g/mol. The van der Waals surface area contributed by atoms with E-state index in [1.807, 2.05) is 62.4 Å². The molecule has 5 aromatic carbocycles. The Balaban J connectivity index is 0.925. The van der Waals surface area contributed by atoms with Crippen LogP contribution in [0.4, 0.5) is 30.6 Å². The number of urea groups is 1. The zero-order chi connectivity index (χ0) is 52.6. The molecule has 0 aliphatic carbocycles. The number of anilines is 3. The Kier molecular flexibility index (Phi) is 14.6. The van der Waals surface area contributed by atoms with Gasteiger partial charge in [0, 0.05) is 73.8 Å². The summed E-state index contributed by atoms with van der Waals surface area (Å²) in [4.78, 5) is 25.2. The summed E-state index contributed by atoms with van der Waals surface area (Å²) in [5, 5.41) is 4.13. The van der Waals surface area contributed by atoms with Gasteiger partial charge in [-0.15, -0.1) is 0 Å². The normalized spacial score (nSPS) is 20.0. The largest absolute Gasteiger partial charge is 0.488 e. The number of benzene rings is 5. The van der Waals surface area contributed by atoms with Crippen LogP contribution in [0.1, 0.15) is 55.5 Å². The Morgan fingerprint density at radius 2 is 1.28 bits per heavy atom. The Morgan fingerprint density at radius 3 is 1.78 bits per heavy atom. The number of halogens is 2. The van der Waals surface area contributed by atoms with Gasteiger partial charge in [-0.05, 0) is 104 Å². The maximum absolute atomic E-state index is 15.2. The molecule has 3 fully saturated rings. The molecule has 2 amide bonds. The molecule has 17 nitrogen and oxygen atoms in total. The number of aromatic nitrogens is 3. The molecule has 74 heavy (non-hydrogen) atoms. The third-order valence-corrected chi connectivity index (χ3v) is 18.0. The van der Waals surface area contributed by atoms with Crippen molar-refractivity contribution in [1.82, 2.24) is 19.7 Å². The zero-order valence-corrected chi connectivity index (χ0v) is 43.1. The SMILES string of the molecule is CCc1cccc(CC2(Cc3cccc(CC)c3)N(C(C)C)C(=O)N(c3ccc(N4CCN(c5ccc(OC[C@H]6OC[C@](Cn7cncn7)(c7ccc(F)cc7F)O6)cc5)CC4)cc3)C2(S(=O)(=O)O)S(=O)(=O)O)c1. The number of aryl methyl sites for hydroxylation is 2. The Labute approximate surface area is 429 Å². The number of carbonyl (C=O) groups is 1. The van der Waals surface area contributed by atoms with Gasteiger partial charge in [0.05, 0.1) is 13.2 Å². The number of amides is 2. The van der Waals surface area contributed by atoms with Gasteiger partial charge in [-0.25, -0.2) is 23.2 Å². The van der Waals surface area contributed by atoms with Crippen LogP contribution in [-0.4, -0.2) is 113 Å². The molecule has 0 radical (unpaired) electrons. The summed E-state index contributed by atoms with van der Waals surface area (Å²) in [6.07, 6.45) is 2.44. The molecule has 0 spiro atoms. The summed E-state index contributed by atoms with van der Waals surface area (Å²) in [7, 11) is -11.9. The summed E-state index contributed by atoms with van der Waals surface area (Å²) in [5.41, 5.74) is 0.721. The van der Waals surface area contributed by atoms with Crippen LogP contribution in [0, 0.1) is 11.6 Å². The molecular formula is C53H59F2N7O10S2. The predicted octanol–water partition coefficient (Wildman–Crippen LogP) is 7.66. The van der Waals surface area contributed by atoms with Gasteiger partial charge in [-0.2, -0.15) is 21.9 Å². The van der Waals surface area contributed by atoms with E-state index in [-0.39, 0.29) is 43.9 Å². The summed E-state index contributed by atoms with van der Waals surface area (Å²) in [6, 6.07) is 29.5. The summed E-state index contributed by atoms with van der Waals surface area (Å²) in [5.74, 6) is -0.956. The van der Waals surface area contributed by atoms with Crippen molar-refractivity contribution in [3.63, 3.8) is 0 Å². The lowest BCUT2D eigenvalue weighted by Crippen LogP contribution is -2.72. The molecule has 0 saturated carbocycles. The monoisotopic (exact) mass is 1060 g/mol. The number of hydrogen-bond acceptors (Lipinski definition) is 12. The number of rotatable bonds is 18. The summed E-state index contributed by atoms with van der Waals surface area (Å²) in [6.45, 7) is 9.48. The van der Waals surface area contributed by atoms with Gasteiger partial charge in [0.2, 0.25) is 0 Å². The average Bonchev–Trinajstić information content (AvgIpc) is 4.09. The molecule has 6 aromatic rings. The van der Waals surface area contributed by atoms with Gasteiger partial charge < -0.3 is 28.9 Å². The van der Waals surface area contributed by atoms with Crippen LogP contribution >= 0.6 is 0 Å². The second-order valence-corrected chi connectivity index (χ2v) is 22.6. The molecule has 4 heterocycles. The van der Waals surface area contributed by atoms with E-state index in [1.54, 1.807) is 50.2 Å². The summed E-state index contributed by atoms with van der Waals surface area (Å²) < 4.78 is 126. The van der Waals surface area contributed by atoms with E-state index >= 15 is 9.18 Å². The van der Waals surface area contributed by atoms with Crippen molar-refractivity contribution in [1.29, 1.82) is 0 Å². The van der Waals surface area contributed by atoms with Gasteiger partial charge in [0.1, 0.15) is 47.8 Å². The number of nitrogens with zero attached hydrogens (tertiary/aromatic N) is 7. The Bertz CT molecular complexity index is 3120. The van der Waals surface area contributed by atoms with Gasteiger partial charge in [-0.1, -0.05) is 68.4 Å². The number of hydrogen-bond donors (Lipinski definition) is 2. The lowest BCUT2D eigenvalue weighted by Gasteiger charge is -2.47. The minimum atomic E-state index is -5.93. The van der Waals surface area contributed by atoms with Crippen LogP contribution in [0.2, 0.25) is 0 Å². The van der Waals surface area contributed by atoms with Crippen molar-refractivity contribution in [3.05, 3.63) is 167 Å². The fourth-order valence-electron chi connectivity index (χ4n) is 11.0. The van der Waals surface area contributed by atoms with Crippen LogP contribution in [0.15, 0.2) is 128 Å². The van der Waals surface area contributed by atoms with Crippen LogP contribution in [0.5, 0.6) is 5.75 Å². The van der Waals surface area contributed by atoms with E-state index < -0.39 is 65.6 Å². The van der Waals surface area contributed by atoms with Gasteiger partial charge in [-0.3, -0.25) is 14.0 Å². The van der Waals surface area contributed by atoms with Crippen LogP contribution in [0.3, 0.4) is 0 Å². The number of carbonyl (C=O) groups excluding carboxylic acids is 1.